The lowest BCUT2D eigenvalue weighted by Crippen LogP contribution is -2.27. The molecule has 0 atom stereocenters. The van der Waals surface area contributed by atoms with Crippen molar-refractivity contribution < 1.29 is 9.53 Å². The molecule has 0 spiro atoms. The third-order valence-electron chi connectivity index (χ3n) is 2.62. The van der Waals surface area contributed by atoms with Gasteiger partial charge in [-0.1, -0.05) is 11.6 Å². The standard InChI is InChI=1S/C13H14ClN3O2/c1-19-12-3-2-10(14)8-11(12)13(18)16-5-7-17-6-4-15-9-17/h2-4,6,8-9H,5,7H2,1H3,(H,16,18). The van der Waals surface area contributed by atoms with Crippen LogP contribution in [0.2, 0.25) is 5.02 Å². The minimum absolute atomic E-state index is 0.209. The number of imidazole rings is 1. The van der Waals surface area contributed by atoms with E-state index in [1.807, 2.05) is 10.8 Å². The summed E-state index contributed by atoms with van der Waals surface area (Å²) in [5, 5.41) is 3.31. The number of nitrogens with zero attached hydrogens (tertiary/aromatic N) is 2. The minimum atomic E-state index is -0.209. The molecular weight excluding hydrogens is 266 g/mol. The largest absolute Gasteiger partial charge is 0.496 e. The molecule has 1 aromatic carbocycles. The Labute approximate surface area is 116 Å². The van der Waals surface area contributed by atoms with Crippen molar-refractivity contribution >= 4 is 17.5 Å². The number of carbonyl (C=O) groups is 1. The number of rotatable bonds is 5. The third-order valence-corrected chi connectivity index (χ3v) is 2.86. The third kappa shape index (κ3) is 3.48. The van der Waals surface area contributed by atoms with Crippen LogP contribution in [0.4, 0.5) is 0 Å². The van der Waals surface area contributed by atoms with Gasteiger partial charge in [-0.3, -0.25) is 4.79 Å². The highest BCUT2D eigenvalue weighted by atomic mass is 35.5. The highest BCUT2D eigenvalue weighted by Crippen LogP contribution is 2.22. The highest BCUT2D eigenvalue weighted by molar-refractivity contribution is 6.31. The summed E-state index contributed by atoms with van der Waals surface area (Å²) in [7, 11) is 1.52. The van der Waals surface area contributed by atoms with E-state index in [0.717, 1.165) is 0 Å². The molecule has 0 bridgehead atoms. The van der Waals surface area contributed by atoms with E-state index in [0.29, 0.717) is 29.4 Å². The van der Waals surface area contributed by atoms with Crippen LogP contribution in [-0.4, -0.2) is 29.1 Å². The van der Waals surface area contributed by atoms with Gasteiger partial charge in [-0.2, -0.15) is 0 Å². The maximum Gasteiger partial charge on any atom is 0.255 e. The van der Waals surface area contributed by atoms with Crippen LogP contribution in [-0.2, 0) is 6.54 Å². The van der Waals surface area contributed by atoms with Crippen LogP contribution < -0.4 is 10.1 Å². The van der Waals surface area contributed by atoms with Crippen molar-refractivity contribution in [2.75, 3.05) is 13.7 Å². The van der Waals surface area contributed by atoms with Gasteiger partial charge in [0.25, 0.3) is 5.91 Å². The number of hydrogen-bond donors (Lipinski definition) is 1. The first-order valence-electron chi connectivity index (χ1n) is 5.78. The summed E-state index contributed by atoms with van der Waals surface area (Å²) >= 11 is 5.89. The molecule has 1 aromatic heterocycles. The predicted molar refractivity (Wildman–Crippen MR) is 72.6 cm³/mol. The topological polar surface area (TPSA) is 56.1 Å². The van der Waals surface area contributed by atoms with Gasteiger partial charge in [-0.15, -0.1) is 0 Å². The maximum absolute atomic E-state index is 12.0. The van der Waals surface area contributed by atoms with Gasteiger partial charge in [0.05, 0.1) is 19.0 Å². The lowest BCUT2D eigenvalue weighted by Gasteiger charge is -2.10. The molecule has 1 N–H and O–H groups in total. The quantitative estimate of drug-likeness (QED) is 0.910. The lowest BCUT2D eigenvalue weighted by molar-refractivity contribution is 0.0949. The Hall–Kier alpha value is -2.01. The number of hydrogen-bond acceptors (Lipinski definition) is 3. The average molecular weight is 280 g/mol. The number of carbonyl (C=O) groups excluding carboxylic acids is 1. The Kier molecular flexibility index (Phi) is 4.41. The Morgan fingerprint density at radius 2 is 2.37 bits per heavy atom. The summed E-state index contributed by atoms with van der Waals surface area (Å²) in [5.74, 6) is 0.295. The number of ether oxygens (including phenoxy) is 1. The summed E-state index contributed by atoms with van der Waals surface area (Å²) in [4.78, 5) is 16.0. The van der Waals surface area contributed by atoms with Gasteiger partial charge in [-0.05, 0) is 18.2 Å². The van der Waals surface area contributed by atoms with Crippen molar-refractivity contribution in [2.45, 2.75) is 6.54 Å². The normalized spacial score (nSPS) is 10.2. The molecule has 2 aromatic rings. The second-order valence-electron chi connectivity index (χ2n) is 3.90. The summed E-state index contributed by atoms with van der Waals surface area (Å²) in [6.45, 7) is 1.17. The molecular formula is C13H14ClN3O2. The van der Waals surface area contributed by atoms with Gasteiger partial charge < -0.3 is 14.6 Å². The SMILES string of the molecule is COc1ccc(Cl)cc1C(=O)NCCn1ccnc1. The van der Waals surface area contributed by atoms with E-state index >= 15 is 0 Å². The van der Waals surface area contributed by atoms with Crippen LogP contribution in [0.1, 0.15) is 10.4 Å². The van der Waals surface area contributed by atoms with Crippen molar-refractivity contribution in [2.24, 2.45) is 0 Å². The fraction of sp³-hybridized carbons (Fsp3) is 0.231. The molecule has 0 saturated heterocycles. The molecule has 1 heterocycles. The highest BCUT2D eigenvalue weighted by Gasteiger charge is 2.12. The molecule has 0 aliphatic carbocycles. The number of halogens is 1. The smallest absolute Gasteiger partial charge is 0.255 e. The zero-order valence-electron chi connectivity index (χ0n) is 10.5. The lowest BCUT2D eigenvalue weighted by atomic mass is 10.2. The molecule has 6 heteroatoms. The van der Waals surface area contributed by atoms with Crippen LogP contribution in [0.15, 0.2) is 36.9 Å². The second kappa shape index (κ2) is 6.24. The molecule has 0 aliphatic rings. The first kappa shape index (κ1) is 13.4. The van der Waals surface area contributed by atoms with E-state index in [1.165, 1.54) is 7.11 Å². The van der Waals surface area contributed by atoms with E-state index in [1.54, 1.807) is 30.7 Å². The zero-order chi connectivity index (χ0) is 13.7. The average Bonchev–Trinajstić information content (AvgIpc) is 2.91. The Morgan fingerprint density at radius 1 is 1.53 bits per heavy atom. The van der Waals surface area contributed by atoms with Crippen molar-refractivity contribution in [3.05, 3.63) is 47.5 Å². The monoisotopic (exact) mass is 279 g/mol. The summed E-state index contributed by atoms with van der Waals surface area (Å²) in [6, 6.07) is 4.95. The van der Waals surface area contributed by atoms with Gasteiger partial charge in [-0.25, -0.2) is 4.98 Å². The molecule has 0 unspecified atom stereocenters. The van der Waals surface area contributed by atoms with Crippen LogP contribution in [0, 0.1) is 0 Å². The van der Waals surface area contributed by atoms with E-state index < -0.39 is 0 Å². The molecule has 0 radical (unpaired) electrons. The van der Waals surface area contributed by atoms with Gasteiger partial charge in [0.2, 0.25) is 0 Å². The van der Waals surface area contributed by atoms with E-state index in [-0.39, 0.29) is 5.91 Å². The minimum Gasteiger partial charge on any atom is -0.496 e. The van der Waals surface area contributed by atoms with E-state index in [2.05, 4.69) is 10.3 Å². The van der Waals surface area contributed by atoms with Crippen molar-refractivity contribution in [3.63, 3.8) is 0 Å². The van der Waals surface area contributed by atoms with Gasteiger partial charge in [0.1, 0.15) is 5.75 Å². The molecule has 0 fully saturated rings. The Balaban J connectivity index is 1.97. The summed E-state index contributed by atoms with van der Waals surface area (Å²) in [6.07, 6.45) is 5.24. The van der Waals surface area contributed by atoms with E-state index in [9.17, 15) is 4.79 Å². The molecule has 5 nitrogen and oxygen atoms in total. The predicted octanol–water partition coefficient (Wildman–Crippen LogP) is 1.98. The Morgan fingerprint density at radius 3 is 3.05 bits per heavy atom. The fourth-order valence-corrected chi connectivity index (χ4v) is 1.84. The van der Waals surface area contributed by atoms with Crippen LogP contribution >= 0.6 is 11.6 Å². The molecule has 0 aliphatic heterocycles. The van der Waals surface area contributed by atoms with Crippen LogP contribution in [0.3, 0.4) is 0 Å². The van der Waals surface area contributed by atoms with Crippen molar-refractivity contribution in [3.8, 4) is 5.75 Å². The molecule has 100 valence electrons. The number of nitrogens with one attached hydrogen (secondary N) is 1. The summed E-state index contributed by atoms with van der Waals surface area (Å²) in [5.41, 5.74) is 0.431. The molecule has 0 saturated carbocycles. The first-order chi connectivity index (χ1) is 9.20. The van der Waals surface area contributed by atoms with Gasteiger partial charge in [0.15, 0.2) is 0 Å². The Bertz CT molecular complexity index is 555. The van der Waals surface area contributed by atoms with Crippen molar-refractivity contribution in [1.82, 2.24) is 14.9 Å². The zero-order valence-corrected chi connectivity index (χ0v) is 11.2. The van der Waals surface area contributed by atoms with Gasteiger partial charge >= 0.3 is 0 Å². The van der Waals surface area contributed by atoms with Crippen molar-refractivity contribution in [1.29, 1.82) is 0 Å². The first-order valence-corrected chi connectivity index (χ1v) is 6.16. The summed E-state index contributed by atoms with van der Waals surface area (Å²) < 4.78 is 7.02. The molecule has 19 heavy (non-hydrogen) atoms. The number of methoxy groups -OCH3 is 1. The van der Waals surface area contributed by atoms with Gasteiger partial charge in [0, 0.05) is 30.5 Å². The molecule has 1 amide bonds. The maximum atomic E-state index is 12.0. The number of benzene rings is 1. The second-order valence-corrected chi connectivity index (χ2v) is 4.34. The van der Waals surface area contributed by atoms with Crippen LogP contribution in [0.5, 0.6) is 5.75 Å². The van der Waals surface area contributed by atoms with Crippen LogP contribution in [0.25, 0.3) is 0 Å². The van der Waals surface area contributed by atoms with E-state index in [4.69, 9.17) is 16.3 Å². The molecule has 2 rings (SSSR count). The number of aromatic nitrogens is 2. The number of amides is 1. The fourth-order valence-electron chi connectivity index (χ4n) is 1.67.